The Balaban J connectivity index is 1.95. The van der Waals surface area contributed by atoms with E-state index in [9.17, 15) is 4.79 Å². The molecule has 0 aliphatic heterocycles. The van der Waals surface area contributed by atoms with Crippen LogP contribution in [0.4, 0.5) is 0 Å². The third-order valence-corrected chi connectivity index (χ3v) is 4.28. The molecule has 0 fully saturated rings. The highest BCUT2D eigenvalue weighted by Crippen LogP contribution is 2.29. The minimum absolute atomic E-state index is 0.276. The van der Waals surface area contributed by atoms with Crippen molar-refractivity contribution in [2.24, 2.45) is 0 Å². The molecule has 2 rings (SSSR count). The molecule has 0 saturated heterocycles. The lowest BCUT2D eigenvalue weighted by Crippen LogP contribution is -2.10. The largest absolute Gasteiger partial charge is 0.490 e. The van der Waals surface area contributed by atoms with Gasteiger partial charge < -0.3 is 14.2 Å². The van der Waals surface area contributed by atoms with Gasteiger partial charge in [0.15, 0.2) is 11.5 Å². The second-order valence-corrected chi connectivity index (χ2v) is 6.74. The number of ether oxygens (including phenoxy) is 3. The average Bonchev–Trinajstić information content (AvgIpc) is 2.64. The third-order valence-electron chi connectivity index (χ3n) is 4.04. The Hall–Kier alpha value is -2.20. The average molecular weight is 391 g/mol. The van der Waals surface area contributed by atoms with Crippen LogP contribution in [0.25, 0.3) is 0 Å². The molecule has 0 saturated carbocycles. The number of unbranched alkanes of at least 4 members (excludes halogenated alkanes) is 1. The van der Waals surface area contributed by atoms with E-state index >= 15 is 0 Å². The lowest BCUT2D eigenvalue weighted by Gasteiger charge is -2.13. The normalized spacial score (nSPS) is 10.5. The number of hydrogen-bond acceptors (Lipinski definition) is 4. The first-order chi connectivity index (χ1) is 13.0. The SMILES string of the molecule is CCCCOc1ccc(CCC(=O)Oc2ccc(Cl)cc2C)cc1OCC. The molecule has 0 radical (unpaired) electrons. The fourth-order valence-corrected chi connectivity index (χ4v) is 2.80. The molecule has 0 aliphatic carbocycles. The minimum atomic E-state index is -0.276. The third kappa shape index (κ3) is 6.79. The zero-order chi connectivity index (χ0) is 19.6. The first-order valence-electron chi connectivity index (χ1n) is 9.38. The molecule has 0 unspecified atom stereocenters. The van der Waals surface area contributed by atoms with Gasteiger partial charge in [-0.15, -0.1) is 0 Å². The quantitative estimate of drug-likeness (QED) is 0.293. The first-order valence-corrected chi connectivity index (χ1v) is 9.76. The van der Waals surface area contributed by atoms with Crippen molar-refractivity contribution >= 4 is 17.6 Å². The van der Waals surface area contributed by atoms with Crippen molar-refractivity contribution in [3.05, 3.63) is 52.5 Å². The highest BCUT2D eigenvalue weighted by molar-refractivity contribution is 6.30. The van der Waals surface area contributed by atoms with Crippen molar-refractivity contribution < 1.29 is 19.0 Å². The van der Waals surface area contributed by atoms with Crippen molar-refractivity contribution in [2.75, 3.05) is 13.2 Å². The number of aryl methyl sites for hydroxylation is 2. The first kappa shape index (κ1) is 21.1. The molecule has 0 N–H and O–H groups in total. The Morgan fingerprint density at radius 3 is 2.48 bits per heavy atom. The maximum Gasteiger partial charge on any atom is 0.311 e. The Labute approximate surface area is 166 Å². The summed E-state index contributed by atoms with van der Waals surface area (Å²) in [5.74, 6) is 1.72. The van der Waals surface area contributed by atoms with E-state index in [4.69, 9.17) is 25.8 Å². The highest BCUT2D eigenvalue weighted by atomic mass is 35.5. The molecule has 0 bridgehead atoms. The van der Waals surface area contributed by atoms with E-state index in [1.54, 1.807) is 18.2 Å². The molecule has 2 aromatic rings. The summed E-state index contributed by atoms with van der Waals surface area (Å²) in [5.41, 5.74) is 1.84. The van der Waals surface area contributed by atoms with Gasteiger partial charge in [0.2, 0.25) is 0 Å². The van der Waals surface area contributed by atoms with Gasteiger partial charge in [-0.05, 0) is 68.1 Å². The van der Waals surface area contributed by atoms with Gasteiger partial charge in [-0.25, -0.2) is 0 Å². The molecule has 0 amide bonds. The number of halogens is 1. The van der Waals surface area contributed by atoms with Crippen molar-refractivity contribution in [3.8, 4) is 17.2 Å². The Kier molecular flexibility index (Phi) is 8.46. The smallest absolute Gasteiger partial charge is 0.311 e. The Morgan fingerprint density at radius 1 is 1.00 bits per heavy atom. The van der Waals surface area contributed by atoms with E-state index in [1.165, 1.54) is 0 Å². The summed E-state index contributed by atoms with van der Waals surface area (Å²) in [6.45, 7) is 7.16. The maximum absolute atomic E-state index is 12.2. The zero-order valence-electron chi connectivity index (χ0n) is 16.2. The zero-order valence-corrected chi connectivity index (χ0v) is 17.0. The van der Waals surface area contributed by atoms with E-state index in [1.807, 2.05) is 32.0 Å². The number of carbonyl (C=O) groups is 1. The minimum Gasteiger partial charge on any atom is -0.490 e. The summed E-state index contributed by atoms with van der Waals surface area (Å²) in [4.78, 5) is 12.2. The number of carbonyl (C=O) groups excluding carboxylic acids is 1. The van der Waals surface area contributed by atoms with Crippen LogP contribution in [0.3, 0.4) is 0 Å². The summed E-state index contributed by atoms with van der Waals surface area (Å²) in [5, 5.41) is 0.622. The van der Waals surface area contributed by atoms with Crippen LogP contribution in [0, 0.1) is 6.92 Å². The summed E-state index contributed by atoms with van der Waals surface area (Å²) >= 11 is 5.93. The predicted molar refractivity (Wildman–Crippen MR) is 108 cm³/mol. The maximum atomic E-state index is 12.2. The van der Waals surface area contributed by atoms with E-state index in [2.05, 4.69) is 6.92 Å². The second-order valence-electron chi connectivity index (χ2n) is 6.30. The van der Waals surface area contributed by atoms with Gasteiger partial charge in [-0.3, -0.25) is 4.79 Å². The monoisotopic (exact) mass is 390 g/mol. The van der Waals surface area contributed by atoms with Crippen LogP contribution in [0.15, 0.2) is 36.4 Å². The lowest BCUT2D eigenvalue weighted by molar-refractivity contribution is -0.134. The molecule has 2 aromatic carbocycles. The summed E-state index contributed by atoms with van der Waals surface area (Å²) < 4.78 is 16.9. The van der Waals surface area contributed by atoms with E-state index in [0.29, 0.717) is 36.2 Å². The van der Waals surface area contributed by atoms with Gasteiger partial charge in [0.25, 0.3) is 0 Å². The van der Waals surface area contributed by atoms with Gasteiger partial charge in [-0.1, -0.05) is 31.0 Å². The van der Waals surface area contributed by atoms with Crippen LogP contribution >= 0.6 is 11.6 Å². The van der Waals surface area contributed by atoms with Crippen molar-refractivity contribution in [2.45, 2.75) is 46.5 Å². The van der Waals surface area contributed by atoms with Crippen LogP contribution in [-0.2, 0) is 11.2 Å². The lowest BCUT2D eigenvalue weighted by atomic mass is 10.1. The molecule has 0 atom stereocenters. The van der Waals surface area contributed by atoms with Crippen LogP contribution in [0.2, 0.25) is 5.02 Å². The standard InChI is InChI=1S/C22H27ClO4/c1-4-6-13-26-20-10-7-17(15-21(20)25-5-2)8-12-22(24)27-19-11-9-18(23)14-16(19)3/h7,9-11,14-15H,4-6,8,12-13H2,1-3H3. The Bertz CT molecular complexity index is 758. The molecule has 0 aromatic heterocycles. The van der Waals surface area contributed by atoms with Crippen LogP contribution < -0.4 is 14.2 Å². The molecule has 0 heterocycles. The Morgan fingerprint density at radius 2 is 1.78 bits per heavy atom. The van der Waals surface area contributed by atoms with Gasteiger partial charge in [0, 0.05) is 11.4 Å². The fourth-order valence-electron chi connectivity index (χ4n) is 2.57. The van der Waals surface area contributed by atoms with Gasteiger partial charge >= 0.3 is 5.97 Å². The highest BCUT2D eigenvalue weighted by Gasteiger charge is 2.11. The van der Waals surface area contributed by atoms with E-state index in [0.717, 1.165) is 29.7 Å². The molecule has 5 heteroatoms. The van der Waals surface area contributed by atoms with Gasteiger partial charge in [0.05, 0.1) is 13.2 Å². The molecule has 0 spiro atoms. The molecule has 0 aliphatic rings. The second kappa shape index (κ2) is 10.8. The summed E-state index contributed by atoms with van der Waals surface area (Å²) in [6.07, 6.45) is 2.94. The summed E-state index contributed by atoms with van der Waals surface area (Å²) in [7, 11) is 0. The molecular formula is C22H27ClO4. The van der Waals surface area contributed by atoms with Crippen LogP contribution in [-0.4, -0.2) is 19.2 Å². The molecule has 27 heavy (non-hydrogen) atoms. The number of rotatable bonds is 10. The number of esters is 1. The predicted octanol–water partition coefficient (Wildman–Crippen LogP) is 5.76. The van der Waals surface area contributed by atoms with Crippen LogP contribution in [0.1, 0.15) is 44.2 Å². The van der Waals surface area contributed by atoms with Gasteiger partial charge in [0.1, 0.15) is 5.75 Å². The molecule has 146 valence electrons. The van der Waals surface area contributed by atoms with Crippen LogP contribution in [0.5, 0.6) is 17.2 Å². The summed E-state index contributed by atoms with van der Waals surface area (Å²) in [6, 6.07) is 11.0. The topological polar surface area (TPSA) is 44.8 Å². The molecule has 4 nitrogen and oxygen atoms in total. The molecular weight excluding hydrogens is 364 g/mol. The van der Waals surface area contributed by atoms with Crippen molar-refractivity contribution in [1.82, 2.24) is 0 Å². The fraction of sp³-hybridized carbons (Fsp3) is 0.409. The number of hydrogen-bond donors (Lipinski definition) is 0. The van der Waals surface area contributed by atoms with E-state index in [-0.39, 0.29) is 12.4 Å². The number of benzene rings is 2. The van der Waals surface area contributed by atoms with E-state index < -0.39 is 0 Å². The van der Waals surface area contributed by atoms with Crippen molar-refractivity contribution in [1.29, 1.82) is 0 Å². The van der Waals surface area contributed by atoms with Gasteiger partial charge in [-0.2, -0.15) is 0 Å². The van der Waals surface area contributed by atoms with Crippen molar-refractivity contribution in [3.63, 3.8) is 0 Å².